The first kappa shape index (κ1) is 12.0. The van der Waals surface area contributed by atoms with Gasteiger partial charge in [-0.2, -0.15) is 0 Å². The number of carbonyl (C=O) groups excluding carboxylic acids is 1. The van der Waals surface area contributed by atoms with Crippen molar-refractivity contribution in [2.75, 3.05) is 0 Å². The van der Waals surface area contributed by atoms with E-state index in [1.54, 1.807) is 0 Å². The van der Waals surface area contributed by atoms with Crippen molar-refractivity contribution in [2.45, 2.75) is 32.9 Å². The number of aromatic nitrogens is 2. The van der Waals surface area contributed by atoms with Crippen molar-refractivity contribution in [2.24, 2.45) is 5.73 Å². The zero-order valence-electron chi connectivity index (χ0n) is 11.1. The average Bonchev–Trinajstić information content (AvgIpc) is 2.94. The van der Waals surface area contributed by atoms with E-state index in [0.717, 1.165) is 19.4 Å². The van der Waals surface area contributed by atoms with Crippen LogP contribution in [0.2, 0.25) is 0 Å². The molecule has 1 aliphatic rings. The summed E-state index contributed by atoms with van der Waals surface area (Å²) in [5, 5.41) is 0. The Morgan fingerprint density at radius 2 is 2.11 bits per heavy atom. The van der Waals surface area contributed by atoms with Crippen LogP contribution in [0.1, 0.15) is 17.8 Å². The fourth-order valence-electron chi connectivity index (χ4n) is 2.77. The second kappa shape index (κ2) is 4.53. The lowest BCUT2D eigenvalue weighted by Gasteiger charge is -1.99. The summed E-state index contributed by atoms with van der Waals surface area (Å²) in [4.78, 5) is 11.2. The van der Waals surface area contributed by atoms with Gasteiger partial charge in [-0.3, -0.25) is 4.79 Å². The van der Waals surface area contributed by atoms with Crippen molar-refractivity contribution in [3.05, 3.63) is 41.9 Å². The van der Waals surface area contributed by atoms with Crippen LogP contribution >= 0.6 is 0 Å². The maximum atomic E-state index is 11.2. The molecule has 4 nitrogen and oxygen atoms in total. The zero-order valence-corrected chi connectivity index (χ0v) is 11.1. The van der Waals surface area contributed by atoms with E-state index in [2.05, 4.69) is 35.8 Å². The number of aryl methyl sites for hydroxylation is 1. The van der Waals surface area contributed by atoms with Crippen molar-refractivity contribution in [3.8, 4) is 11.3 Å². The van der Waals surface area contributed by atoms with Crippen LogP contribution in [-0.2, 0) is 24.3 Å². The van der Waals surface area contributed by atoms with E-state index in [-0.39, 0.29) is 12.5 Å². The number of rotatable bonds is 3. The lowest BCUT2D eigenvalue weighted by molar-refractivity contribution is -0.690. The summed E-state index contributed by atoms with van der Waals surface area (Å²) < 4.78 is 4.29. The third-order valence-electron chi connectivity index (χ3n) is 3.67. The molecule has 1 aromatic carbocycles. The van der Waals surface area contributed by atoms with Gasteiger partial charge in [-0.1, -0.05) is 29.8 Å². The quantitative estimate of drug-likeness (QED) is 0.824. The number of benzene rings is 1. The minimum Gasteiger partial charge on any atom is -0.366 e. The van der Waals surface area contributed by atoms with Crippen LogP contribution in [0.15, 0.2) is 30.5 Å². The summed E-state index contributed by atoms with van der Waals surface area (Å²) in [5.41, 5.74) is 8.94. The van der Waals surface area contributed by atoms with Crippen molar-refractivity contribution in [1.29, 1.82) is 0 Å². The minimum absolute atomic E-state index is 0.265. The number of primary amides is 1. The Morgan fingerprint density at radius 1 is 1.37 bits per heavy atom. The minimum atomic E-state index is -0.291. The first-order valence-electron chi connectivity index (χ1n) is 6.62. The molecule has 0 bridgehead atoms. The van der Waals surface area contributed by atoms with Crippen molar-refractivity contribution in [1.82, 2.24) is 4.57 Å². The van der Waals surface area contributed by atoms with Crippen LogP contribution in [0.4, 0.5) is 0 Å². The monoisotopic (exact) mass is 256 g/mol. The highest BCUT2D eigenvalue weighted by molar-refractivity contribution is 5.72. The lowest BCUT2D eigenvalue weighted by Crippen LogP contribution is -2.42. The maximum Gasteiger partial charge on any atom is 0.259 e. The molecule has 98 valence electrons. The molecule has 4 heteroatoms. The van der Waals surface area contributed by atoms with Crippen LogP contribution in [0, 0.1) is 6.92 Å². The van der Waals surface area contributed by atoms with Gasteiger partial charge in [0.1, 0.15) is 6.20 Å². The molecule has 1 amide bonds. The molecule has 0 aliphatic carbocycles. The molecule has 0 unspecified atom stereocenters. The second-order valence-electron chi connectivity index (χ2n) is 5.15. The molecule has 0 radical (unpaired) electrons. The van der Waals surface area contributed by atoms with Crippen molar-refractivity contribution in [3.63, 3.8) is 0 Å². The molecule has 1 aromatic heterocycles. The number of amides is 1. The highest BCUT2D eigenvalue weighted by atomic mass is 16.1. The largest absolute Gasteiger partial charge is 0.366 e. The summed E-state index contributed by atoms with van der Waals surface area (Å²) in [6.07, 6.45) is 4.19. The highest BCUT2D eigenvalue weighted by Gasteiger charge is 2.29. The number of nitrogens with two attached hydrogens (primary N) is 1. The van der Waals surface area contributed by atoms with Crippen LogP contribution in [-0.4, -0.2) is 10.5 Å². The Morgan fingerprint density at radius 3 is 2.79 bits per heavy atom. The summed E-state index contributed by atoms with van der Waals surface area (Å²) in [7, 11) is 0. The number of carbonyl (C=O) groups is 1. The Bertz CT molecular complexity index is 626. The molecular weight excluding hydrogens is 238 g/mol. The summed E-state index contributed by atoms with van der Waals surface area (Å²) >= 11 is 0. The smallest absolute Gasteiger partial charge is 0.259 e. The average molecular weight is 256 g/mol. The molecule has 0 saturated carbocycles. The number of hydrogen-bond donors (Lipinski definition) is 1. The molecule has 0 atom stereocenters. The van der Waals surface area contributed by atoms with E-state index in [1.165, 1.54) is 22.6 Å². The number of nitrogens with zero attached hydrogens (tertiary/aromatic N) is 2. The van der Waals surface area contributed by atoms with E-state index in [1.807, 2.05) is 10.8 Å². The van der Waals surface area contributed by atoms with Gasteiger partial charge in [0.05, 0.1) is 13.0 Å². The van der Waals surface area contributed by atoms with E-state index >= 15 is 0 Å². The molecule has 0 saturated heterocycles. The van der Waals surface area contributed by atoms with Crippen LogP contribution < -0.4 is 10.3 Å². The zero-order chi connectivity index (χ0) is 13.4. The molecule has 2 N–H and O–H groups in total. The van der Waals surface area contributed by atoms with Gasteiger partial charge in [-0.05, 0) is 13.3 Å². The first-order valence-corrected chi connectivity index (χ1v) is 6.62. The summed E-state index contributed by atoms with van der Waals surface area (Å²) in [5.74, 6) is 0.912. The number of hydrogen-bond acceptors (Lipinski definition) is 1. The first-order chi connectivity index (χ1) is 9.15. The third kappa shape index (κ3) is 2.14. The van der Waals surface area contributed by atoms with Gasteiger partial charge in [0.2, 0.25) is 0 Å². The van der Waals surface area contributed by atoms with E-state index in [0.29, 0.717) is 0 Å². The molecule has 2 aromatic rings. The van der Waals surface area contributed by atoms with Gasteiger partial charge in [0.25, 0.3) is 11.7 Å². The summed E-state index contributed by atoms with van der Waals surface area (Å²) in [6, 6.07) is 8.49. The molecular formula is C15H18N3O+. The molecule has 1 aliphatic heterocycles. The van der Waals surface area contributed by atoms with Crippen LogP contribution in [0.5, 0.6) is 0 Å². The van der Waals surface area contributed by atoms with E-state index in [4.69, 9.17) is 5.73 Å². The molecule has 0 spiro atoms. The predicted octanol–water partition coefficient (Wildman–Crippen LogP) is 1.18. The second-order valence-corrected chi connectivity index (χ2v) is 5.15. The van der Waals surface area contributed by atoms with Gasteiger partial charge >= 0.3 is 0 Å². The Labute approximate surface area is 112 Å². The van der Waals surface area contributed by atoms with Gasteiger partial charge in [0, 0.05) is 5.56 Å². The molecule has 19 heavy (non-hydrogen) atoms. The number of imidazole rings is 1. The molecule has 3 rings (SSSR count). The number of fused-ring (bicyclic) bond motifs is 1. The predicted molar refractivity (Wildman–Crippen MR) is 72.3 cm³/mol. The Balaban J connectivity index is 2.07. The topological polar surface area (TPSA) is 51.9 Å². The maximum absolute atomic E-state index is 11.2. The van der Waals surface area contributed by atoms with Crippen molar-refractivity contribution < 1.29 is 9.36 Å². The van der Waals surface area contributed by atoms with E-state index in [9.17, 15) is 4.79 Å². The van der Waals surface area contributed by atoms with Crippen LogP contribution in [0.25, 0.3) is 11.3 Å². The van der Waals surface area contributed by atoms with Gasteiger partial charge < -0.3 is 5.73 Å². The van der Waals surface area contributed by atoms with E-state index < -0.39 is 0 Å². The fraction of sp³-hybridized carbons (Fsp3) is 0.333. The van der Waals surface area contributed by atoms with Crippen molar-refractivity contribution >= 4 is 5.91 Å². The lowest BCUT2D eigenvalue weighted by atomic mass is 10.1. The Hall–Kier alpha value is -2.10. The van der Waals surface area contributed by atoms with Gasteiger partial charge in [0.15, 0.2) is 12.2 Å². The van der Waals surface area contributed by atoms with Gasteiger partial charge in [-0.15, -0.1) is 0 Å². The van der Waals surface area contributed by atoms with Gasteiger partial charge in [-0.25, -0.2) is 9.13 Å². The summed E-state index contributed by atoms with van der Waals surface area (Å²) in [6.45, 7) is 3.37. The standard InChI is InChI=1S/C15H17N3O/c1-11-4-6-12(7-5-11)13-9-17(10-14(16)19)15-3-2-8-18(13)15/h4-7,9H,2-3,8,10H2,1H3,(H-,16,19)/p+1. The Kier molecular flexibility index (Phi) is 2.85. The molecule has 0 fully saturated rings. The SMILES string of the molecule is Cc1ccc(-c2c[n+](CC(N)=O)c3n2CCC3)cc1. The third-order valence-corrected chi connectivity index (χ3v) is 3.67. The normalized spacial score (nSPS) is 13.5. The fourth-order valence-corrected chi connectivity index (χ4v) is 2.77. The molecule has 2 heterocycles. The van der Waals surface area contributed by atoms with Crippen LogP contribution in [0.3, 0.4) is 0 Å². The highest BCUT2D eigenvalue weighted by Crippen LogP contribution is 2.24.